The summed E-state index contributed by atoms with van der Waals surface area (Å²) in [6.07, 6.45) is 6.20. The molecule has 1 saturated heterocycles. The van der Waals surface area contributed by atoms with Crippen molar-refractivity contribution in [1.82, 2.24) is 4.90 Å². The highest BCUT2D eigenvalue weighted by Gasteiger charge is 2.37. The molecule has 0 aromatic rings. The van der Waals surface area contributed by atoms with E-state index in [-0.39, 0.29) is 12.2 Å². The third-order valence-corrected chi connectivity index (χ3v) is 5.23. The van der Waals surface area contributed by atoms with Gasteiger partial charge in [0, 0.05) is 19.4 Å². The van der Waals surface area contributed by atoms with Gasteiger partial charge in [0.1, 0.15) is 6.04 Å². The summed E-state index contributed by atoms with van der Waals surface area (Å²) >= 11 is 0. The van der Waals surface area contributed by atoms with Gasteiger partial charge in [0.05, 0.1) is 12.6 Å². The van der Waals surface area contributed by atoms with Gasteiger partial charge in [0.25, 0.3) is 0 Å². The Morgan fingerprint density at radius 2 is 2.00 bits per heavy atom. The number of quaternary nitrogens is 1. The van der Waals surface area contributed by atoms with Crippen LogP contribution in [0.15, 0.2) is 0 Å². The normalized spacial score (nSPS) is 36.2. The summed E-state index contributed by atoms with van der Waals surface area (Å²) in [6.45, 7) is 5.47. The van der Waals surface area contributed by atoms with Crippen molar-refractivity contribution in [3.05, 3.63) is 5.21 Å². The molecule has 1 aliphatic heterocycles. The lowest BCUT2D eigenvalue weighted by molar-refractivity contribution is -0.930. The number of nitrogens with two attached hydrogens (primary N) is 1. The summed E-state index contributed by atoms with van der Waals surface area (Å²) < 4.78 is -0.711. The lowest BCUT2D eigenvalue weighted by Crippen LogP contribution is -2.64. The van der Waals surface area contributed by atoms with E-state index in [0.717, 1.165) is 38.1 Å². The fourth-order valence-electron chi connectivity index (χ4n) is 3.69. The Labute approximate surface area is 122 Å². The van der Waals surface area contributed by atoms with Crippen LogP contribution in [-0.4, -0.2) is 35.0 Å². The average molecular weight is 280 g/mol. The molecule has 0 radical (unpaired) electrons. The predicted octanol–water partition coefficient (Wildman–Crippen LogP) is 2.33. The van der Waals surface area contributed by atoms with Gasteiger partial charge >= 0.3 is 0 Å². The largest absolute Gasteiger partial charge is 0.611 e. The molecule has 0 amide bonds. The SMILES string of the molecule is CC1CCC(C[N+](N)([O-])C(C)N2CCCC2C#N)CC1. The van der Waals surface area contributed by atoms with Crippen LogP contribution >= 0.6 is 0 Å². The number of hydroxylamine groups is 2. The molecule has 3 unspecified atom stereocenters. The number of hydrogen-bond donors (Lipinski definition) is 1. The molecule has 2 N–H and O–H groups in total. The minimum Gasteiger partial charge on any atom is -0.611 e. The maximum Gasteiger partial charge on any atom is 0.160 e. The first kappa shape index (κ1) is 15.7. The van der Waals surface area contributed by atoms with Gasteiger partial charge in [-0.3, -0.25) is 4.76 Å². The third kappa shape index (κ3) is 3.50. The molecule has 1 aliphatic carbocycles. The van der Waals surface area contributed by atoms with Crippen LogP contribution in [0.3, 0.4) is 0 Å². The smallest absolute Gasteiger partial charge is 0.160 e. The zero-order valence-corrected chi connectivity index (χ0v) is 12.8. The molecule has 20 heavy (non-hydrogen) atoms. The first-order chi connectivity index (χ1) is 9.44. The summed E-state index contributed by atoms with van der Waals surface area (Å²) in [6, 6.07) is 2.16. The van der Waals surface area contributed by atoms with Crippen LogP contribution in [0.1, 0.15) is 52.4 Å². The number of hydrogen-bond acceptors (Lipinski definition) is 4. The Hall–Kier alpha value is -0.670. The summed E-state index contributed by atoms with van der Waals surface area (Å²) in [5, 5.41) is 21.9. The molecular formula is C15H28N4O. The number of nitrogens with zero attached hydrogens (tertiary/aromatic N) is 3. The van der Waals surface area contributed by atoms with Crippen molar-refractivity contribution in [3.63, 3.8) is 0 Å². The lowest BCUT2D eigenvalue weighted by Gasteiger charge is -2.48. The minimum absolute atomic E-state index is 0.133. The summed E-state index contributed by atoms with van der Waals surface area (Å²) in [4.78, 5) is 2.00. The van der Waals surface area contributed by atoms with E-state index in [9.17, 15) is 5.21 Å². The summed E-state index contributed by atoms with van der Waals surface area (Å²) in [7, 11) is 0. The Bertz CT molecular complexity index is 357. The minimum atomic E-state index is -0.711. The van der Waals surface area contributed by atoms with Gasteiger partial charge in [-0.1, -0.05) is 19.8 Å². The number of likely N-dealkylation sites (tertiary alicyclic amines) is 1. The molecule has 5 heteroatoms. The zero-order valence-electron chi connectivity index (χ0n) is 12.8. The lowest BCUT2D eigenvalue weighted by atomic mass is 9.83. The Kier molecular flexibility index (Phi) is 5.03. The maximum absolute atomic E-state index is 12.8. The fraction of sp³-hybridized carbons (Fsp3) is 0.933. The van der Waals surface area contributed by atoms with Crippen LogP contribution in [0.2, 0.25) is 0 Å². The summed E-state index contributed by atoms with van der Waals surface area (Å²) in [5.41, 5.74) is 0. The predicted molar refractivity (Wildman–Crippen MR) is 78.6 cm³/mol. The van der Waals surface area contributed by atoms with Gasteiger partial charge in [-0.05, 0) is 31.6 Å². The molecule has 2 fully saturated rings. The van der Waals surface area contributed by atoms with Crippen LogP contribution in [0, 0.1) is 28.4 Å². The third-order valence-electron chi connectivity index (χ3n) is 5.23. The van der Waals surface area contributed by atoms with Gasteiger partial charge in [0.2, 0.25) is 0 Å². The molecule has 2 rings (SSSR count). The van der Waals surface area contributed by atoms with Gasteiger partial charge in [0.15, 0.2) is 6.17 Å². The summed E-state index contributed by atoms with van der Waals surface area (Å²) in [5.74, 6) is 7.29. The molecule has 0 aromatic heterocycles. The monoisotopic (exact) mass is 280 g/mol. The van der Waals surface area contributed by atoms with Crippen molar-refractivity contribution in [2.75, 3.05) is 13.1 Å². The highest BCUT2D eigenvalue weighted by atomic mass is 16.6. The van der Waals surface area contributed by atoms with Crippen molar-refractivity contribution < 1.29 is 4.76 Å². The Morgan fingerprint density at radius 3 is 2.60 bits per heavy atom. The van der Waals surface area contributed by atoms with E-state index in [4.69, 9.17) is 11.1 Å². The highest BCUT2D eigenvalue weighted by Crippen LogP contribution is 2.31. The second-order valence-corrected chi connectivity index (χ2v) is 6.82. The maximum atomic E-state index is 12.8. The fourth-order valence-corrected chi connectivity index (χ4v) is 3.69. The topological polar surface area (TPSA) is 76.1 Å². The first-order valence-electron chi connectivity index (χ1n) is 7.96. The van der Waals surface area contributed by atoms with E-state index < -0.39 is 4.76 Å². The molecule has 0 spiro atoms. The van der Waals surface area contributed by atoms with Gasteiger partial charge in [-0.2, -0.15) is 11.1 Å². The van der Waals surface area contributed by atoms with E-state index in [1.807, 2.05) is 11.8 Å². The van der Waals surface area contributed by atoms with Crippen molar-refractivity contribution in [2.45, 2.75) is 64.6 Å². The van der Waals surface area contributed by atoms with Crippen LogP contribution in [0.5, 0.6) is 0 Å². The second-order valence-electron chi connectivity index (χ2n) is 6.82. The highest BCUT2D eigenvalue weighted by molar-refractivity contribution is 4.96. The van der Waals surface area contributed by atoms with Crippen LogP contribution in [0.4, 0.5) is 0 Å². The zero-order chi connectivity index (χ0) is 14.8. The van der Waals surface area contributed by atoms with E-state index >= 15 is 0 Å². The van der Waals surface area contributed by atoms with E-state index in [2.05, 4.69) is 13.0 Å². The molecule has 0 bridgehead atoms. The first-order valence-corrected chi connectivity index (χ1v) is 7.96. The molecule has 5 nitrogen and oxygen atoms in total. The Morgan fingerprint density at radius 1 is 1.35 bits per heavy atom. The Balaban J connectivity index is 1.93. The van der Waals surface area contributed by atoms with Crippen molar-refractivity contribution >= 4 is 0 Å². The van der Waals surface area contributed by atoms with Crippen LogP contribution < -0.4 is 5.84 Å². The molecule has 1 saturated carbocycles. The van der Waals surface area contributed by atoms with Gasteiger partial charge in [-0.15, -0.1) is 0 Å². The second kappa shape index (κ2) is 6.40. The molecule has 1 heterocycles. The van der Waals surface area contributed by atoms with E-state index in [1.54, 1.807) is 0 Å². The molecule has 0 aromatic carbocycles. The molecule has 114 valence electrons. The molecule has 2 aliphatic rings. The molecular weight excluding hydrogens is 252 g/mol. The van der Waals surface area contributed by atoms with Crippen molar-refractivity contribution in [1.29, 1.82) is 5.26 Å². The van der Waals surface area contributed by atoms with E-state index in [0.29, 0.717) is 12.5 Å². The van der Waals surface area contributed by atoms with Crippen LogP contribution in [-0.2, 0) is 0 Å². The van der Waals surface area contributed by atoms with Crippen LogP contribution in [0.25, 0.3) is 0 Å². The van der Waals surface area contributed by atoms with Gasteiger partial charge in [-0.25, -0.2) is 4.90 Å². The average Bonchev–Trinajstić information content (AvgIpc) is 2.88. The van der Waals surface area contributed by atoms with Gasteiger partial charge < -0.3 is 5.21 Å². The number of nitriles is 1. The van der Waals surface area contributed by atoms with Crippen molar-refractivity contribution in [2.24, 2.45) is 17.7 Å². The van der Waals surface area contributed by atoms with Crippen molar-refractivity contribution in [3.8, 4) is 6.07 Å². The quantitative estimate of drug-likeness (QED) is 0.487. The molecule has 3 atom stereocenters. The standard InChI is InChI=1S/C15H28N4O/c1-12-5-7-14(8-6-12)11-19(17,20)13(2)18-9-3-4-15(18)10-16/h12-15H,3-9,11,17H2,1-2H3. The number of rotatable bonds is 4. The van der Waals surface area contributed by atoms with E-state index in [1.165, 1.54) is 12.8 Å².